The number of rotatable bonds is 4. The van der Waals surface area contributed by atoms with Crippen LogP contribution in [-0.4, -0.2) is 41.3 Å². The third-order valence-electron chi connectivity index (χ3n) is 3.89. The fourth-order valence-electron chi connectivity index (χ4n) is 2.78. The summed E-state index contributed by atoms with van der Waals surface area (Å²) in [6.45, 7) is 3.55. The first-order valence-corrected chi connectivity index (χ1v) is 7.32. The van der Waals surface area contributed by atoms with Crippen molar-refractivity contribution >= 4 is 29.2 Å². The minimum Gasteiger partial charge on any atom is -0.461 e. The predicted octanol–water partition coefficient (Wildman–Crippen LogP) is 0.769. The van der Waals surface area contributed by atoms with Crippen molar-refractivity contribution in [1.29, 1.82) is 0 Å². The molecule has 124 valence electrons. The zero-order valence-corrected chi connectivity index (χ0v) is 13.0. The number of ether oxygens (including phenoxy) is 1. The smallest absolute Gasteiger partial charge is 0.355 e. The number of anilines is 1. The Morgan fingerprint density at radius 3 is 2.50 bits per heavy atom. The van der Waals surface area contributed by atoms with Crippen LogP contribution >= 0.6 is 0 Å². The Balaban J connectivity index is 2.00. The molecule has 9 nitrogen and oxygen atoms in total. The second-order valence-electron chi connectivity index (χ2n) is 5.38. The molecule has 9 heteroatoms. The molecule has 2 aliphatic rings. The highest BCUT2D eigenvalue weighted by atomic mass is 16.5. The lowest BCUT2D eigenvalue weighted by Gasteiger charge is -2.16. The molecular formula is C15H14N4O5. The number of carbonyl (C=O) groups excluding carboxylic acids is 3. The Bertz CT molecular complexity index is 758. The van der Waals surface area contributed by atoms with Gasteiger partial charge in [0.25, 0.3) is 5.91 Å². The largest absolute Gasteiger partial charge is 0.461 e. The molecule has 1 fully saturated rings. The highest BCUT2D eigenvalue weighted by Gasteiger charge is 2.59. The quantitative estimate of drug-likeness (QED) is 0.458. The van der Waals surface area contributed by atoms with E-state index in [2.05, 4.69) is 10.4 Å². The standard InChI is InChI=1S/C15H14N4O5/c1-3-24-15(22)11-10-12(19(16-11)17-23)14(21)18(13(10)20)9-6-4-8(2)5-7-9/h4-7,10,12H,3H2,1-2H3/t10-,12+/m1/s1. The first-order chi connectivity index (χ1) is 11.5. The van der Waals surface area contributed by atoms with E-state index in [1.165, 1.54) is 0 Å². The molecule has 0 aliphatic carbocycles. The molecule has 2 atom stereocenters. The maximum Gasteiger partial charge on any atom is 0.355 e. The van der Waals surface area contributed by atoms with Crippen LogP contribution < -0.4 is 4.90 Å². The van der Waals surface area contributed by atoms with Gasteiger partial charge in [0, 0.05) is 0 Å². The second-order valence-corrected chi connectivity index (χ2v) is 5.38. The monoisotopic (exact) mass is 330 g/mol. The lowest BCUT2D eigenvalue weighted by Crippen LogP contribution is -2.36. The number of nitrogens with zero attached hydrogens (tertiary/aromatic N) is 4. The van der Waals surface area contributed by atoms with Gasteiger partial charge in [-0.15, -0.1) is 15.1 Å². The molecule has 24 heavy (non-hydrogen) atoms. The van der Waals surface area contributed by atoms with Gasteiger partial charge in [0.15, 0.2) is 11.8 Å². The van der Waals surface area contributed by atoms with Crippen LogP contribution in [0.1, 0.15) is 12.5 Å². The third-order valence-corrected chi connectivity index (χ3v) is 3.89. The van der Waals surface area contributed by atoms with Crippen LogP contribution in [0.2, 0.25) is 0 Å². The number of benzene rings is 1. The van der Waals surface area contributed by atoms with Gasteiger partial charge in [-0.1, -0.05) is 17.7 Å². The minimum atomic E-state index is -1.25. The molecule has 0 aromatic heterocycles. The van der Waals surface area contributed by atoms with Crippen LogP contribution in [0.4, 0.5) is 5.69 Å². The van der Waals surface area contributed by atoms with E-state index < -0.39 is 29.7 Å². The fourth-order valence-corrected chi connectivity index (χ4v) is 2.78. The Kier molecular flexibility index (Phi) is 3.84. The van der Waals surface area contributed by atoms with Crippen molar-refractivity contribution in [2.24, 2.45) is 16.3 Å². The van der Waals surface area contributed by atoms with Gasteiger partial charge in [0.2, 0.25) is 5.91 Å². The van der Waals surface area contributed by atoms with Gasteiger partial charge in [-0.2, -0.15) is 0 Å². The fraction of sp³-hybridized carbons (Fsp3) is 0.333. The molecule has 1 saturated heterocycles. The summed E-state index contributed by atoms with van der Waals surface area (Å²) in [5.74, 6) is -3.33. The van der Waals surface area contributed by atoms with E-state index in [1.54, 1.807) is 31.2 Å². The number of aryl methyl sites for hydroxylation is 1. The molecule has 1 aromatic rings. The first kappa shape index (κ1) is 15.8. The highest BCUT2D eigenvalue weighted by Crippen LogP contribution is 2.35. The van der Waals surface area contributed by atoms with E-state index in [-0.39, 0.29) is 12.3 Å². The zero-order valence-electron chi connectivity index (χ0n) is 13.0. The number of hydrogen-bond donors (Lipinski definition) is 0. The van der Waals surface area contributed by atoms with Crippen molar-refractivity contribution in [3.8, 4) is 0 Å². The average Bonchev–Trinajstić information content (AvgIpc) is 3.07. The lowest BCUT2D eigenvalue weighted by molar-refractivity contribution is -0.136. The van der Waals surface area contributed by atoms with Crippen molar-refractivity contribution in [3.05, 3.63) is 34.7 Å². The number of esters is 1. The van der Waals surface area contributed by atoms with Crippen LogP contribution in [-0.2, 0) is 19.1 Å². The molecule has 1 aromatic carbocycles. The van der Waals surface area contributed by atoms with Gasteiger partial charge in [0.1, 0.15) is 5.92 Å². The van der Waals surface area contributed by atoms with Gasteiger partial charge in [-0.25, -0.2) is 9.69 Å². The minimum absolute atomic E-state index is 0.0770. The number of fused-ring (bicyclic) bond motifs is 1. The molecular weight excluding hydrogens is 316 g/mol. The Morgan fingerprint density at radius 1 is 1.25 bits per heavy atom. The Labute approximate surface area is 136 Å². The van der Waals surface area contributed by atoms with E-state index in [4.69, 9.17) is 4.74 Å². The molecule has 2 heterocycles. The van der Waals surface area contributed by atoms with E-state index in [9.17, 15) is 19.3 Å². The third kappa shape index (κ3) is 2.25. The molecule has 0 spiro atoms. The van der Waals surface area contributed by atoms with Crippen molar-refractivity contribution in [2.75, 3.05) is 11.5 Å². The van der Waals surface area contributed by atoms with Crippen LogP contribution in [0.3, 0.4) is 0 Å². The SMILES string of the molecule is CCOC(=O)C1=NN(N=O)[C@@H]2C(=O)N(c3ccc(C)cc3)C(=O)[C@H]12. The first-order valence-electron chi connectivity index (χ1n) is 7.32. The number of nitroso groups, excluding NO2 is 1. The highest BCUT2D eigenvalue weighted by molar-refractivity contribution is 6.46. The van der Waals surface area contributed by atoms with E-state index in [0.717, 1.165) is 10.5 Å². The molecule has 2 aliphatic heterocycles. The van der Waals surface area contributed by atoms with Crippen molar-refractivity contribution in [2.45, 2.75) is 19.9 Å². The van der Waals surface area contributed by atoms with Crippen LogP contribution in [0, 0.1) is 17.7 Å². The van der Waals surface area contributed by atoms with Gasteiger partial charge in [-0.05, 0) is 26.0 Å². The van der Waals surface area contributed by atoms with Crippen LogP contribution in [0.5, 0.6) is 0 Å². The maximum absolute atomic E-state index is 12.7. The summed E-state index contributed by atoms with van der Waals surface area (Å²) in [7, 11) is 0. The number of amides is 2. The van der Waals surface area contributed by atoms with E-state index in [0.29, 0.717) is 10.8 Å². The van der Waals surface area contributed by atoms with Gasteiger partial charge >= 0.3 is 5.97 Å². The summed E-state index contributed by atoms with van der Waals surface area (Å²) >= 11 is 0. The molecule has 2 amide bonds. The maximum atomic E-state index is 12.7. The number of imide groups is 1. The van der Waals surface area contributed by atoms with E-state index in [1.807, 2.05) is 6.92 Å². The van der Waals surface area contributed by atoms with E-state index >= 15 is 0 Å². The zero-order chi connectivity index (χ0) is 17.4. The van der Waals surface area contributed by atoms with Crippen LogP contribution in [0.15, 0.2) is 34.7 Å². The molecule has 0 bridgehead atoms. The van der Waals surface area contributed by atoms with Gasteiger partial charge in [-0.3, -0.25) is 9.59 Å². The molecule has 0 radical (unpaired) electrons. The van der Waals surface area contributed by atoms with Crippen molar-refractivity contribution in [1.82, 2.24) is 5.12 Å². The number of carbonyl (C=O) groups is 3. The average molecular weight is 330 g/mol. The predicted molar refractivity (Wildman–Crippen MR) is 82.7 cm³/mol. The summed E-state index contributed by atoms with van der Waals surface area (Å²) in [5.41, 5.74) is 1.04. The summed E-state index contributed by atoms with van der Waals surface area (Å²) < 4.78 is 4.84. The molecule has 0 unspecified atom stereocenters. The molecule has 0 N–H and O–H groups in total. The summed E-state index contributed by atoms with van der Waals surface area (Å²) in [6.07, 6.45) is 0. The molecule has 3 rings (SSSR count). The lowest BCUT2D eigenvalue weighted by atomic mass is 9.98. The summed E-state index contributed by atoms with van der Waals surface area (Å²) in [4.78, 5) is 49.2. The second kappa shape index (κ2) is 5.84. The van der Waals surface area contributed by atoms with Gasteiger partial charge in [0.05, 0.1) is 17.6 Å². The van der Waals surface area contributed by atoms with Gasteiger partial charge < -0.3 is 4.74 Å². The summed E-state index contributed by atoms with van der Waals surface area (Å²) in [6, 6.07) is 5.48. The topological polar surface area (TPSA) is 109 Å². The summed E-state index contributed by atoms with van der Waals surface area (Å²) in [5, 5.41) is 6.88. The number of hydrogen-bond acceptors (Lipinski definition) is 7. The van der Waals surface area contributed by atoms with Crippen molar-refractivity contribution in [3.63, 3.8) is 0 Å². The normalized spacial score (nSPS) is 22.5. The van der Waals surface area contributed by atoms with Crippen LogP contribution in [0.25, 0.3) is 0 Å². The van der Waals surface area contributed by atoms with Crippen molar-refractivity contribution < 1.29 is 19.1 Å². The Hall–Kier alpha value is -3.10. The molecule has 0 saturated carbocycles. The number of hydrazone groups is 1. The Morgan fingerprint density at radius 2 is 1.92 bits per heavy atom.